The predicted octanol–water partition coefficient (Wildman–Crippen LogP) is 6.54. The van der Waals surface area contributed by atoms with Crippen molar-refractivity contribution in [3.05, 3.63) is 47.5 Å². The minimum absolute atomic E-state index is 0.200. The van der Waals surface area contributed by atoms with Crippen molar-refractivity contribution in [3.8, 4) is 0 Å². The maximum Gasteiger partial charge on any atom is 0.184 e. The zero-order valence-corrected chi connectivity index (χ0v) is 21.9. The highest BCUT2D eigenvalue weighted by Gasteiger charge is 2.53. The summed E-state index contributed by atoms with van der Waals surface area (Å²) in [4.78, 5) is 0. The quantitative estimate of drug-likeness (QED) is 0.271. The molecule has 4 nitrogen and oxygen atoms in total. The molecule has 2 saturated heterocycles. The molecule has 5 atom stereocenters. The van der Waals surface area contributed by atoms with Crippen molar-refractivity contribution in [3.63, 3.8) is 0 Å². The summed E-state index contributed by atoms with van der Waals surface area (Å²) >= 11 is 6.26. The van der Waals surface area contributed by atoms with Crippen LogP contribution in [0.1, 0.15) is 46.0 Å². The average molecular weight is 467 g/mol. The largest absolute Gasteiger partial charge is 0.355 e. The van der Waals surface area contributed by atoms with Gasteiger partial charge in [0.2, 0.25) is 0 Å². The molecule has 2 aliphatic rings. The molecule has 2 fully saturated rings. The summed E-state index contributed by atoms with van der Waals surface area (Å²) in [5.74, 6) is 0.435. The van der Waals surface area contributed by atoms with Gasteiger partial charge in [0, 0.05) is 24.0 Å². The van der Waals surface area contributed by atoms with Crippen LogP contribution in [-0.2, 0) is 18.9 Å². The molecule has 0 aromatic heterocycles. The summed E-state index contributed by atoms with van der Waals surface area (Å²) in [6, 6.07) is 11.3. The number of fused-ring (bicyclic) bond motifs is 1. The zero-order chi connectivity index (χ0) is 22.9. The SMILES string of the molecule is CO[C@H]1O[C@@H]2COC(c3ccccc3)O[C@H]2/C(=C/CCl)[C@@]1(C)CC[Si](C)(C)C(C)(C)C. The van der Waals surface area contributed by atoms with E-state index < -0.39 is 14.4 Å². The molecule has 0 radical (unpaired) electrons. The number of halogens is 1. The molecule has 3 rings (SSSR count). The summed E-state index contributed by atoms with van der Waals surface area (Å²) < 4.78 is 24.9. The Hall–Kier alpha value is -0.693. The van der Waals surface area contributed by atoms with Crippen LogP contribution < -0.4 is 0 Å². The lowest BCUT2D eigenvalue weighted by Gasteiger charge is -2.52. The van der Waals surface area contributed by atoms with Crippen molar-refractivity contribution < 1.29 is 18.9 Å². The van der Waals surface area contributed by atoms with Gasteiger partial charge in [-0.25, -0.2) is 0 Å². The monoisotopic (exact) mass is 466 g/mol. The molecule has 6 heteroatoms. The highest BCUT2D eigenvalue weighted by Crippen LogP contribution is 2.51. The van der Waals surface area contributed by atoms with Gasteiger partial charge in [0.05, 0.1) is 14.7 Å². The van der Waals surface area contributed by atoms with E-state index in [1.807, 2.05) is 30.3 Å². The highest BCUT2D eigenvalue weighted by molar-refractivity contribution is 6.80. The number of hydrogen-bond donors (Lipinski definition) is 0. The van der Waals surface area contributed by atoms with Crippen molar-refractivity contribution in [1.82, 2.24) is 0 Å². The summed E-state index contributed by atoms with van der Waals surface area (Å²) in [6.07, 6.45) is 1.93. The van der Waals surface area contributed by atoms with Crippen molar-refractivity contribution in [2.45, 2.75) is 83.1 Å². The van der Waals surface area contributed by atoms with Crippen LogP contribution in [0.2, 0.25) is 24.2 Å². The Morgan fingerprint density at radius 3 is 2.45 bits per heavy atom. The molecule has 1 aromatic rings. The van der Waals surface area contributed by atoms with Crippen LogP contribution in [0, 0.1) is 5.41 Å². The first kappa shape index (κ1) is 24.9. The van der Waals surface area contributed by atoms with Crippen LogP contribution in [0.3, 0.4) is 0 Å². The first-order chi connectivity index (χ1) is 14.5. The second-order valence-electron chi connectivity index (χ2n) is 10.7. The smallest absolute Gasteiger partial charge is 0.184 e. The lowest BCUT2D eigenvalue weighted by molar-refractivity contribution is -0.321. The van der Waals surface area contributed by atoms with Gasteiger partial charge in [-0.3, -0.25) is 0 Å². The van der Waals surface area contributed by atoms with Crippen LogP contribution in [0.25, 0.3) is 0 Å². The predicted molar refractivity (Wildman–Crippen MR) is 129 cm³/mol. The highest BCUT2D eigenvalue weighted by atomic mass is 35.5. The first-order valence-electron chi connectivity index (χ1n) is 11.3. The van der Waals surface area contributed by atoms with E-state index >= 15 is 0 Å². The lowest BCUT2D eigenvalue weighted by Crippen LogP contribution is -2.57. The second kappa shape index (κ2) is 9.66. The molecular weight excluding hydrogens is 428 g/mol. The van der Waals surface area contributed by atoms with Gasteiger partial charge in [-0.15, -0.1) is 11.6 Å². The minimum atomic E-state index is -1.48. The molecule has 0 aliphatic carbocycles. The Balaban J connectivity index is 1.90. The Morgan fingerprint density at radius 1 is 1.19 bits per heavy atom. The minimum Gasteiger partial charge on any atom is -0.355 e. The van der Waals surface area contributed by atoms with Gasteiger partial charge >= 0.3 is 0 Å². The number of methoxy groups -OCH3 is 1. The number of hydrogen-bond acceptors (Lipinski definition) is 4. The molecule has 0 spiro atoms. The maximum atomic E-state index is 6.51. The van der Waals surface area contributed by atoms with Crippen LogP contribution >= 0.6 is 11.6 Å². The van der Waals surface area contributed by atoms with E-state index in [9.17, 15) is 0 Å². The number of benzene rings is 1. The van der Waals surface area contributed by atoms with Crippen molar-refractivity contribution in [2.24, 2.45) is 5.41 Å². The third-order valence-electron chi connectivity index (χ3n) is 7.69. The van der Waals surface area contributed by atoms with E-state index in [2.05, 4.69) is 46.9 Å². The zero-order valence-electron chi connectivity index (χ0n) is 20.1. The van der Waals surface area contributed by atoms with Gasteiger partial charge in [-0.05, 0) is 17.0 Å². The number of allylic oxidation sites excluding steroid dienone is 1. The second-order valence-corrected chi connectivity index (χ2v) is 16.8. The molecule has 0 bridgehead atoms. The molecule has 0 N–H and O–H groups in total. The fourth-order valence-electron chi connectivity index (χ4n) is 4.43. The van der Waals surface area contributed by atoms with Crippen LogP contribution in [-0.4, -0.2) is 46.2 Å². The summed E-state index contributed by atoms with van der Waals surface area (Å²) in [5.41, 5.74) is 1.90. The standard InChI is InChI=1S/C25H39ClO4Si/c1-24(2,3)31(6,7)16-14-25(4)19(13-15-26)21-20(29-23(25)27-5)17-28-22(30-21)18-11-9-8-10-12-18/h8-13,20-23H,14-17H2,1-7H3/b19-13-/t20-,21+,22?,23+,25-/m1/s1. The van der Waals surface area contributed by atoms with E-state index in [0.717, 1.165) is 12.0 Å². The summed E-state index contributed by atoms with van der Waals surface area (Å²) in [5, 5.41) is 0.327. The van der Waals surface area contributed by atoms with Crippen LogP contribution in [0.15, 0.2) is 42.0 Å². The average Bonchev–Trinajstić information content (AvgIpc) is 2.74. The Kier molecular flexibility index (Phi) is 7.77. The van der Waals surface area contributed by atoms with Crippen LogP contribution in [0.5, 0.6) is 0 Å². The van der Waals surface area contributed by atoms with E-state index in [0.29, 0.717) is 17.5 Å². The summed E-state index contributed by atoms with van der Waals surface area (Å²) in [6.45, 7) is 14.8. The molecule has 0 amide bonds. The Bertz CT molecular complexity index is 761. The fourth-order valence-corrected chi connectivity index (χ4v) is 6.49. The lowest BCUT2D eigenvalue weighted by atomic mass is 9.72. The van der Waals surface area contributed by atoms with Crippen molar-refractivity contribution in [2.75, 3.05) is 19.6 Å². The van der Waals surface area contributed by atoms with Gasteiger partial charge in [0.15, 0.2) is 12.6 Å². The fraction of sp³-hybridized carbons (Fsp3) is 0.680. The van der Waals surface area contributed by atoms with Crippen molar-refractivity contribution >= 4 is 19.7 Å². The van der Waals surface area contributed by atoms with Gasteiger partial charge in [0.1, 0.15) is 12.2 Å². The molecule has 174 valence electrons. The number of alkyl halides is 1. The first-order valence-corrected chi connectivity index (χ1v) is 15.0. The maximum absolute atomic E-state index is 6.51. The van der Waals surface area contributed by atoms with Crippen molar-refractivity contribution in [1.29, 1.82) is 0 Å². The Labute approximate surface area is 194 Å². The third kappa shape index (κ3) is 5.12. The topological polar surface area (TPSA) is 36.9 Å². The van der Waals surface area contributed by atoms with E-state index in [1.54, 1.807) is 7.11 Å². The van der Waals surface area contributed by atoms with Crippen LogP contribution in [0.4, 0.5) is 0 Å². The molecule has 31 heavy (non-hydrogen) atoms. The van der Waals surface area contributed by atoms with Gasteiger partial charge < -0.3 is 18.9 Å². The van der Waals surface area contributed by atoms with Gasteiger partial charge in [-0.1, -0.05) is 83.2 Å². The van der Waals surface area contributed by atoms with Gasteiger partial charge in [-0.2, -0.15) is 0 Å². The molecule has 2 heterocycles. The Morgan fingerprint density at radius 2 is 1.87 bits per heavy atom. The van der Waals surface area contributed by atoms with E-state index in [-0.39, 0.29) is 23.9 Å². The van der Waals surface area contributed by atoms with E-state index in [1.165, 1.54) is 11.6 Å². The van der Waals surface area contributed by atoms with E-state index in [4.69, 9.17) is 30.5 Å². The molecular formula is C25H39ClO4Si. The number of rotatable bonds is 6. The molecule has 1 aromatic carbocycles. The molecule has 0 saturated carbocycles. The third-order valence-corrected chi connectivity index (χ3v) is 13.4. The molecule has 1 unspecified atom stereocenters. The molecule has 2 aliphatic heterocycles. The normalized spacial score (nSPS) is 33.4. The van der Waals surface area contributed by atoms with Gasteiger partial charge in [0.25, 0.3) is 0 Å². The number of ether oxygens (including phenoxy) is 4. The summed E-state index contributed by atoms with van der Waals surface area (Å²) in [7, 11) is 0.250.